The minimum absolute atomic E-state index is 0.0147. The maximum atomic E-state index is 12.9. The van der Waals surface area contributed by atoms with Gasteiger partial charge in [0.25, 0.3) is 0 Å². The molecule has 0 radical (unpaired) electrons. The topological polar surface area (TPSA) is 38.3 Å². The van der Waals surface area contributed by atoms with Gasteiger partial charge in [-0.1, -0.05) is 30.3 Å². The van der Waals surface area contributed by atoms with Gasteiger partial charge in [-0.25, -0.2) is 4.79 Å². The van der Waals surface area contributed by atoms with Gasteiger partial charge in [-0.3, -0.25) is 0 Å². The van der Waals surface area contributed by atoms with Gasteiger partial charge in [0.1, 0.15) is 0 Å². The maximum absolute atomic E-state index is 12.9. The first kappa shape index (κ1) is 19.6. The first-order chi connectivity index (χ1) is 12.0. The number of hydrogen-bond donors (Lipinski definition) is 1. The van der Waals surface area contributed by atoms with E-state index in [9.17, 15) is 31.1 Å². The van der Waals surface area contributed by atoms with Gasteiger partial charge < -0.3 is 10.1 Å². The van der Waals surface area contributed by atoms with Gasteiger partial charge in [0, 0.05) is 5.69 Å². The molecule has 2 aromatic rings. The Hall–Kier alpha value is -2.71. The van der Waals surface area contributed by atoms with Crippen LogP contribution in [0.2, 0.25) is 0 Å². The highest BCUT2D eigenvalue weighted by Crippen LogP contribution is 2.38. The van der Waals surface area contributed by atoms with Crippen LogP contribution in [0, 0.1) is 0 Å². The van der Waals surface area contributed by atoms with Crippen molar-refractivity contribution >= 4 is 11.7 Å². The summed E-state index contributed by atoms with van der Waals surface area (Å²) in [5.41, 5.74) is -3.14. The summed E-state index contributed by atoms with van der Waals surface area (Å²) in [6.45, 7) is 0. The molecule has 0 bridgehead atoms. The Labute approximate surface area is 144 Å². The molecule has 1 atom stereocenters. The van der Waals surface area contributed by atoms with Crippen molar-refractivity contribution in [1.29, 1.82) is 0 Å². The lowest BCUT2D eigenvalue weighted by atomic mass is 10.0. The zero-order valence-electron chi connectivity index (χ0n) is 13.3. The number of methoxy groups -OCH3 is 1. The summed E-state index contributed by atoms with van der Waals surface area (Å²) in [4.78, 5) is 12.0. The van der Waals surface area contributed by atoms with Gasteiger partial charge in [-0.15, -0.1) is 0 Å². The smallest absolute Gasteiger partial charge is 0.416 e. The molecule has 2 rings (SSSR count). The lowest BCUT2D eigenvalue weighted by Gasteiger charge is -2.20. The Bertz CT molecular complexity index is 739. The molecule has 0 saturated heterocycles. The molecule has 0 saturated carbocycles. The van der Waals surface area contributed by atoms with E-state index in [0.29, 0.717) is 17.7 Å². The molecule has 2 aromatic carbocycles. The van der Waals surface area contributed by atoms with E-state index >= 15 is 0 Å². The Morgan fingerprint density at radius 1 is 0.923 bits per heavy atom. The fourth-order valence-corrected chi connectivity index (χ4v) is 2.25. The van der Waals surface area contributed by atoms with Crippen LogP contribution in [-0.2, 0) is 21.9 Å². The molecule has 0 spiro atoms. The summed E-state index contributed by atoms with van der Waals surface area (Å²) in [6.07, 6.45) is -9.96. The van der Waals surface area contributed by atoms with Crippen molar-refractivity contribution in [2.24, 2.45) is 0 Å². The van der Waals surface area contributed by atoms with Crippen LogP contribution in [0.4, 0.5) is 32.0 Å². The van der Waals surface area contributed by atoms with Gasteiger partial charge in [0.05, 0.1) is 18.2 Å². The predicted octanol–water partition coefficient (Wildman–Crippen LogP) is 5.05. The summed E-state index contributed by atoms with van der Waals surface area (Å²) in [6, 6.07) is 7.53. The van der Waals surface area contributed by atoms with Crippen molar-refractivity contribution in [2.45, 2.75) is 18.4 Å². The van der Waals surface area contributed by atoms with Gasteiger partial charge in [-0.2, -0.15) is 26.3 Å². The molecule has 0 aliphatic carbocycles. The average molecular weight is 377 g/mol. The zero-order chi connectivity index (χ0) is 19.5. The SMILES string of the molecule is COC(=O)[C@H](Nc1cc(C(F)(F)F)cc(C(F)(F)F)c1)c1ccccc1. The Kier molecular flexibility index (Phi) is 5.48. The minimum Gasteiger partial charge on any atom is -0.467 e. The van der Waals surface area contributed by atoms with Crippen molar-refractivity contribution in [1.82, 2.24) is 0 Å². The second kappa shape index (κ2) is 7.27. The van der Waals surface area contributed by atoms with Crippen LogP contribution in [0.3, 0.4) is 0 Å². The van der Waals surface area contributed by atoms with Gasteiger partial charge in [0.15, 0.2) is 6.04 Å². The zero-order valence-corrected chi connectivity index (χ0v) is 13.3. The van der Waals surface area contributed by atoms with Crippen LogP contribution < -0.4 is 5.32 Å². The van der Waals surface area contributed by atoms with Crippen LogP contribution in [-0.4, -0.2) is 13.1 Å². The van der Waals surface area contributed by atoms with Crippen molar-refractivity contribution in [2.75, 3.05) is 12.4 Å². The molecule has 0 aromatic heterocycles. The third-order valence-electron chi connectivity index (χ3n) is 3.47. The van der Waals surface area contributed by atoms with E-state index in [-0.39, 0.29) is 6.07 Å². The molecule has 1 N–H and O–H groups in total. The number of hydrogen-bond acceptors (Lipinski definition) is 3. The van der Waals surface area contributed by atoms with Crippen molar-refractivity contribution < 1.29 is 35.9 Å². The van der Waals surface area contributed by atoms with Crippen molar-refractivity contribution in [3.63, 3.8) is 0 Å². The molecule has 9 heteroatoms. The molecular weight excluding hydrogens is 364 g/mol. The highest BCUT2D eigenvalue weighted by molar-refractivity contribution is 5.81. The van der Waals surface area contributed by atoms with Crippen molar-refractivity contribution in [3.8, 4) is 0 Å². The predicted molar refractivity (Wildman–Crippen MR) is 81.3 cm³/mol. The number of ether oxygens (including phenoxy) is 1. The van der Waals surface area contributed by atoms with E-state index in [4.69, 9.17) is 0 Å². The first-order valence-electron chi connectivity index (χ1n) is 7.21. The van der Waals surface area contributed by atoms with Gasteiger partial charge in [0.2, 0.25) is 0 Å². The van der Waals surface area contributed by atoms with Crippen LogP contribution in [0.25, 0.3) is 0 Å². The molecule has 0 heterocycles. The highest BCUT2D eigenvalue weighted by atomic mass is 19.4. The molecule has 0 fully saturated rings. The summed E-state index contributed by atoms with van der Waals surface area (Å²) < 4.78 is 82.2. The van der Waals surface area contributed by atoms with E-state index in [1.54, 1.807) is 18.2 Å². The lowest BCUT2D eigenvalue weighted by molar-refractivity contribution is -0.143. The van der Waals surface area contributed by atoms with Crippen LogP contribution in [0.15, 0.2) is 48.5 Å². The number of halogens is 6. The standard InChI is InChI=1S/C17H13F6NO2/c1-26-15(25)14(10-5-3-2-4-6-10)24-13-8-11(16(18,19)20)7-12(9-13)17(21,22)23/h2-9,14,24H,1H3/t14-/m1/s1. The second-order valence-corrected chi connectivity index (χ2v) is 5.31. The summed E-state index contributed by atoms with van der Waals surface area (Å²) in [5.74, 6) is -0.859. The number of esters is 1. The van der Waals surface area contributed by atoms with E-state index in [1.165, 1.54) is 12.1 Å². The number of rotatable bonds is 4. The molecule has 140 valence electrons. The van der Waals surface area contributed by atoms with Gasteiger partial charge >= 0.3 is 18.3 Å². The minimum atomic E-state index is -4.98. The first-order valence-corrected chi connectivity index (χ1v) is 7.21. The molecular formula is C17H13F6NO2. The number of nitrogens with one attached hydrogen (secondary N) is 1. The Balaban J connectivity index is 2.50. The summed E-state index contributed by atoms with van der Waals surface area (Å²) in [7, 11) is 1.06. The van der Waals surface area contributed by atoms with Crippen molar-refractivity contribution in [3.05, 3.63) is 65.2 Å². The second-order valence-electron chi connectivity index (χ2n) is 5.31. The third-order valence-corrected chi connectivity index (χ3v) is 3.47. The molecule has 0 aliphatic heterocycles. The normalized spacial score (nSPS) is 13.2. The third kappa shape index (κ3) is 4.68. The number of alkyl halides is 6. The number of benzene rings is 2. The molecule has 3 nitrogen and oxygen atoms in total. The largest absolute Gasteiger partial charge is 0.467 e. The number of carbonyl (C=O) groups is 1. The fraction of sp³-hybridized carbons (Fsp3) is 0.235. The number of carbonyl (C=O) groups excluding carboxylic acids is 1. The highest BCUT2D eigenvalue weighted by Gasteiger charge is 2.37. The monoisotopic (exact) mass is 377 g/mol. The van der Waals surface area contributed by atoms with E-state index in [1.807, 2.05) is 0 Å². The summed E-state index contributed by atoms with van der Waals surface area (Å²) in [5, 5.41) is 2.40. The quantitative estimate of drug-likeness (QED) is 0.599. The van der Waals surface area contributed by atoms with Crippen LogP contribution in [0.1, 0.15) is 22.7 Å². The van der Waals surface area contributed by atoms with Crippen LogP contribution in [0.5, 0.6) is 0 Å². The van der Waals surface area contributed by atoms with E-state index < -0.39 is 41.2 Å². The number of anilines is 1. The Morgan fingerprint density at radius 2 is 1.42 bits per heavy atom. The lowest BCUT2D eigenvalue weighted by Crippen LogP contribution is -2.23. The fourth-order valence-electron chi connectivity index (χ4n) is 2.25. The Morgan fingerprint density at radius 3 is 1.85 bits per heavy atom. The molecule has 0 unspecified atom stereocenters. The maximum Gasteiger partial charge on any atom is 0.416 e. The molecule has 0 aliphatic rings. The van der Waals surface area contributed by atoms with E-state index in [0.717, 1.165) is 7.11 Å². The van der Waals surface area contributed by atoms with Crippen LogP contribution >= 0.6 is 0 Å². The molecule has 0 amide bonds. The molecule has 26 heavy (non-hydrogen) atoms. The van der Waals surface area contributed by atoms with E-state index in [2.05, 4.69) is 10.1 Å². The van der Waals surface area contributed by atoms with Gasteiger partial charge in [-0.05, 0) is 23.8 Å². The average Bonchev–Trinajstić information content (AvgIpc) is 2.58. The summed E-state index contributed by atoms with van der Waals surface area (Å²) >= 11 is 0.